The molecule has 27 heavy (non-hydrogen) atoms. The van der Waals surface area contributed by atoms with Gasteiger partial charge in [-0.3, -0.25) is 9.69 Å². The van der Waals surface area contributed by atoms with Gasteiger partial charge in [-0.05, 0) is 42.9 Å². The third-order valence-corrected chi connectivity index (χ3v) is 5.86. The highest BCUT2D eigenvalue weighted by molar-refractivity contribution is 7.13. The molecule has 0 unspecified atom stereocenters. The molecule has 0 bridgehead atoms. The Labute approximate surface area is 163 Å². The van der Waals surface area contributed by atoms with E-state index < -0.39 is 0 Å². The second-order valence-corrected chi connectivity index (χ2v) is 7.73. The Hall–Kier alpha value is -2.44. The van der Waals surface area contributed by atoms with Crippen molar-refractivity contribution in [2.75, 3.05) is 19.6 Å². The van der Waals surface area contributed by atoms with Crippen LogP contribution in [0.25, 0.3) is 10.6 Å². The number of aromatic nitrogens is 1. The maximum atomic E-state index is 12.6. The molecule has 0 saturated carbocycles. The smallest absolute Gasteiger partial charge is 0.273 e. The fraction of sp³-hybridized carbons (Fsp3) is 0.333. The van der Waals surface area contributed by atoms with Gasteiger partial charge in [-0.15, -0.1) is 11.3 Å². The van der Waals surface area contributed by atoms with Crippen LogP contribution in [0.4, 0.5) is 0 Å². The van der Waals surface area contributed by atoms with Crippen LogP contribution in [0.3, 0.4) is 0 Å². The Bertz CT molecular complexity index is 855. The van der Waals surface area contributed by atoms with Gasteiger partial charge in [0, 0.05) is 12.6 Å². The zero-order chi connectivity index (χ0) is 18.5. The number of piperidine rings is 1. The van der Waals surface area contributed by atoms with Crippen molar-refractivity contribution in [3.8, 4) is 10.6 Å². The molecule has 5 nitrogen and oxygen atoms in total. The van der Waals surface area contributed by atoms with Crippen LogP contribution < -0.4 is 5.32 Å². The number of hydrogen-bond acceptors (Lipinski definition) is 5. The minimum Gasteiger partial charge on any atom is -0.355 e. The van der Waals surface area contributed by atoms with Gasteiger partial charge in [-0.1, -0.05) is 48.0 Å². The first kappa shape index (κ1) is 17.9. The van der Waals surface area contributed by atoms with Crippen molar-refractivity contribution in [3.05, 3.63) is 65.2 Å². The third-order valence-electron chi connectivity index (χ3n) is 4.98. The maximum absolute atomic E-state index is 12.6. The topological polar surface area (TPSA) is 58.4 Å². The molecular weight excluding hydrogens is 358 g/mol. The molecule has 1 N–H and O–H groups in total. The van der Waals surface area contributed by atoms with Crippen LogP contribution in [0, 0.1) is 0 Å². The van der Waals surface area contributed by atoms with E-state index in [0.717, 1.165) is 18.0 Å². The Morgan fingerprint density at radius 2 is 1.96 bits per heavy atom. The van der Waals surface area contributed by atoms with E-state index in [4.69, 9.17) is 4.52 Å². The van der Waals surface area contributed by atoms with Crippen LogP contribution in [0.5, 0.6) is 0 Å². The van der Waals surface area contributed by atoms with E-state index in [2.05, 4.69) is 39.6 Å². The Morgan fingerprint density at radius 1 is 1.15 bits per heavy atom. The van der Waals surface area contributed by atoms with Gasteiger partial charge in [0.05, 0.1) is 10.9 Å². The zero-order valence-corrected chi connectivity index (χ0v) is 16.0. The maximum Gasteiger partial charge on any atom is 0.273 e. The number of amides is 1. The van der Waals surface area contributed by atoms with Crippen LogP contribution in [-0.2, 0) is 0 Å². The molecule has 1 aliphatic rings. The fourth-order valence-electron chi connectivity index (χ4n) is 3.56. The minimum absolute atomic E-state index is 0.180. The highest BCUT2D eigenvalue weighted by atomic mass is 32.1. The SMILES string of the molecule is O=C(NC[C@H](c1ccccc1)N1CCCCC1)c1cc(-c2cccs2)on1. The average molecular weight is 382 g/mol. The molecule has 3 heterocycles. The Kier molecular flexibility index (Phi) is 5.65. The number of benzene rings is 1. The summed E-state index contributed by atoms with van der Waals surface area (Å²) >= 11 is 1.56. The second kappa shape index (κ2) is 8.50. The largest absolute Gasteiger partial charge is 0.355 e. The van der Waals surface area contributed by atoms with E-state index in [1.807, 2.05) is 23.6 Å². The van der Waals surface area contributed by atoms with Crippen molar-refractivity contribution in [2.45, 2.75) is 25.3 Å². The molecule has 0 spiro atoms. The lowest BCUT2D eigenvalue weighted by atomic mass is 10.0. The molecule has 6 heteroatoms. The first-order valence-electron chi connectivity index (χ1n) is 9.39. The van der Waals surface area contributed by atoms with Gasteiger partial charge in [-0.25, -0.2) is 0 Å². The van der Waals surface area contributed by atoms with Crippen molar-refractivity contribution in [1.82, 2.24) is 15.4 Å². The third kappa shape index (κ3) is 4.28. The highest BCUT2D eigenvalue weighted by Gasteiger charge is 2.23. The Morgan fingerprint density at radius 3 is 2.70 bits per heavy atom. The summed E-state index contributed by atoms with van der Waals surface area (Å²) in [4.78, 5) is 16.0. The van der Waals surface area contributed by atoms with Crippen molar-refractivity contribution in [3.63, 3.8) is 0 Å². The molecule has 1 aromatic carbocycles. The van der Waals surface area contributed by atoms with Crippen molar-refractivity contribution in [2.24, 2.45) is 0 Å². The predicted octanol–water partition coefficient (Wildman–Crippen LogP) is 4.36. The van der Waals surface area contributed by atoms with Gasteiger partial charge in [0.25, 0.3) is 5.91 Å². The number of carbonyl (C=O) groups is 1. The number of nitrogens with zero attached hydrogens (tertiary/aromatic N) is 2. The van der Waals surface area contributed by atoms with E-state index in [-0.39, 0.29) is 11.9 Å². The highest BCUT2D eigenvalue weighted by Crippen LogP contribution is 2.26. The normalized spacial score (nSPS) is 16.1. The van der Waals surface area contributed by atoms with E-state index in [9.17, 15) is 4.79 Å². The van der Waals surface area contributed by atoms with Gasteiger partial charge < -0.3 is 9.84 Å². The first-order chi connectivity index (χ1) is 13.3. The summed E-state index contributed by atoms with van der Waals surface area (Å²) in [7, 11) is 0. The van der Waals surface area contributed by atoms with Gasteiger partial charge in [0.2, 0.25) is 0 Å². The molecule has 0 radical (unpaired) electrons. The van der Waals surface area contributed by atoms with E-state index in [0.29, 0.717) is 18.0 Å². The first-order valence-corrected chi connectivity index (χ1v) is 10.3. The van der Waals surface area contributed by atoms with Crippen LogP contribution in [-0.4, -0.2) is 35.6 Å². The summed E-state index contributed by atoms with van der Waals surface area (Å²) in [5.41, 5.74) is 1.56. The predicted molar refractivity (Wildman–Crippen MR) is 107 cm³/mol. The molecule has 1 saturated heterocycles. The summed E-state index contributed by atoms with van der Waals surface area (Å²) in [6, 6.07) is 16.2. The fourth-order valence-corrected chi connectivity index (χ4v) is 4.23. The summed E-state index contributed by atoms with van der Waals surface area (Å²) in [6.07, 6.45) is 3.71. The van der Waals surface area contributed by atoms with E-state index >= 15 is 0 Å². The molecule has 1 atom stereocenters. The summed E-state index contributed by atoms with van der Waals surface area (Å²) in [5.74, 6) is 0.435. The average Bonchev–Trinajstić information content (AvgIpc) is 3.41. The number of thiophene rings is 1. The molecule has 1 amide bonds. The standard InChI is InChI=1S/C21H23N3O2S/c25-21(17-14-19(26-23-17)20-10-7-13-27-20)22-15-18(16-8-3-1-4-9-16)24-11-5-2-6-12-24/h1,3-4,7-10,13-14,18H,2,5-6,11-12,15H2,(H,22,25)/t18-/m1/s1. The quantitative estimate of drug-likeness (QED) is 0.689. The van der Waals surface area contributed by atoms with Gasteiger partial charge in [0.15, 0.2) is 11.5 Å². The number of hydrogen-bond donors (Lipinski definition) is 1. The lowest BCUT2D eigenvalue weighted by molar-refractivity contribution is 0.0915. The second-order valence-electron chi connectivity index (χ2n) is 6.79. The number of nitrogens with one attached hydrogen (secondary N) is 1. The molecule has 3 aromatic rings. The number of rotatable bonds is 6. The lowest BCUT2D eigenvalue weighted by Gasteiger charge is -2.35. The molecule has 4 rings (SSSR count). The van der Waals surface area contributed by atoms with E-state index in [1.165, 1.54) is 24.8 Å². The monoisotopic (exact) mass is 381 g/mol. The van der Waals surface area contributed by atoms with E-state index in [1.54, 1.807) is 17.4 Å². The van der Waals surface area contributed by atoms with Crippen LogP contribution >= 0.6 is 11.3 Å². The molecular formula is C21H23N3O2S. The van der Waals surface area contributed by atoms with Crippen molar-refractivity contribution >= 4 is 17.2 Å². The van der Waals surface area contributed by atoms with Gasteiger partial charge >= 0.3 is 0 Å². The summed E-state index contributed by atoms with van der Waals surface area (Å²) in [6.45, 7) is 2.70. The molecule has 2 aromatic heterocycles. The van der Waals surface area contributed by atoms with Crippen LogP contribution in [0.1, 0.15) is 41.4 Å². The molecule has 1 fully saturated rings. The van der Waals surface area contributed by atoms with Crippen molar-refractivity contribution < 1.29 is 9.32 Å². The summed E-state index contributed by atoms with van der Waals surface area (Å²) in [5, 5.41) is 8.97. The lowest BCUT2D eigenvalue weighted by Crippen LogP contribution is -2.40. The van der Waals surface area contributed by atoms with Crippen LogP contribution in [0.2, 0.25) is 0 Å². The number of likely N-dealkylation sites (tertiary alicyclic amines) is 1. The summed E-state index contributed by atoms with van der Waals surface area (Å²) < 4.78 is 5.33. The molecule has 0 aliphatic carbocycles. The number of carbonyl (C=O) groups excluding carboxylic acids is 1. The Balaban J connectivity index is 1.45. The van der Waals surface area contributed by atoms with Crippen LogP contribution in [0.15, 0.2) is 58.4 Å². The van der Waals surface area contributed by atoms with Crippen molar-refractivity contribution in [1.29, 1.82) is 0 Å². The minimum atomic E-state index is -0.195. The molecule has 1 aliphatic heterocycles. The molecule has 140 valence electrons. The zero-order valence-electron chi connectivity index (χ0n) is 15.1. The van der Waals surface area contributed by atoms with Gasteiger partial charge in [-0.2, -0.15) is 0 Å². The van der Waals surface area contributed by atoms with Gasteiger partial charge in [0.1, 0.15) is 0 Å².